The van der Waals surface area contributed by atoms with Crippen molar-refractivity contribution in [3.63, 3.8) is 0 Å². The van der Waals surface area contributed by atoms with Crippen LogP contribution in [0.4, 0.5) is 0 Å². The molecule has 88 valence electrons. The lowest BCUT2D eigenvalue weighted by Crippen LogP contribution is -2.55. The maximum Gasteiger partial charge on any atom is 0.303 e. The third-order valence-electron chi connectivity index (χ3n) is 2.00. The van der Waals surface area contributed by atoms with Gasteiger partial charge < -0.3 is 16.2 Å². The fraction of sp³-hybridized carbons (Fsp3) is 0.800. The fourth-order valence-electron chi connectivity index (χ4n) is 0.950. The largest absolute Gasteiger partial charge is 0.481 e. The number of nitrogens with two attached hydrogens (primary N) is 1. The van der Waals surface area contributed by atoms with Gasteiger partial charge in [0, 0.05) is 12.0 Å². The van der Waals surface area contributed by atoms with Crippen LogP contribution in [0.1, 0.15) is 40.5 Å². The van der Waals surface area contributed by atoms with Gasteiger partial charge in [0.1, 0.15) is 0 Å². The highest BCUT2D eigenvalue weighted by atomic mass is 16.4. The van der Waals surface area contributed by atoms with Crippen LogP contribution in [0, 0.1) is 0 Å². The Kier molecular flexibility index (Phi) is 4.27. The van der Waals surface area contributed by atoms with Gasteiger partial charge in [-0.25, -0.2) is 0 Å². The van der Waals surface area contributed by atoms with E-state index >= 15 is 0 Å². The summed E-state index contributed by atoms with van der Waals surface area (Å²) >= 11 is 0. The quantitative estimate of drug-likeness (QED) is 0.623. The van der Waals surface area contributed by atoms with Crippen LogP contribution in [0.15, 0.2) is 0 Å². The number of rotatable bonds is 5. The van der Waals surface area contributed by atoms with Gasteiger partial charge in [-0.1, -0.05) is 0 Å². The summed E-state index contributed by atoms with van der Waals surface area (Å²) in [6, 6.07) is 0. The summed E-state index contributed by atoms with van der Waals surface area (Å²) in [5, 5.41) is 11.3. The topological polar surface area (TPSA) is 92.4 Å². The predicted molar refractivity (Wildman–Crippen MR) is 57.4 cm³/mol. The molecule has 0 aliphatic rings. The lowest BCUT2D eigenvalue weighted by Gasteiger charge is -2.29. The average Bonchev–Trinajstić information content (AvgIpc) is 1.98. The third kappa shape index (κ3) is 6.06. The van der Waals surface area contributed by atoms with Crippen LogP contribution >= 0.6 is 0 Å². The number of nitrogens with one attached hydrogen (secondary N) is 1. The second kappa shape index (κ2) is 4.61. The third-order valence-corrected chi connectivity index (χ3v) is 2.00. The van der Waals surface area contributed by atoms with Crippen molar-refractivity contribution in [1.29, 1.82) is 0 Å². The van der Waals surface area contributed by atoms with Gasteiger partial charge >= 0.3 is 5.97 Å². The van der Waals surface area contributed by atoms with Crippen molar-refractivity contribution in [3.8, 4) is 0 Å². The molecule has 5 nitrogen and oxygen atoms in total. The molecule has 0 aromatic carbocycles. The van der Waals surface area contributed by atoms with E-state index in [4.69, 9.17) is 10.8 Å². The van der Waals surface area contributed by atoms with Gasteiger partial charge in [-0.2, -0.15) is 0 Å². The molecule has 0 aromatic rings. The second-order valence-electron chi connectivity index (χ2n) is 4.95. The smallest absolute Gasteiger partial charge is 0.303 e. The van der Waals surface area contributed by atoms with Crippen LogP contribution in [0.3, 0.4) is 0 Å². The molecular weight excluding hydrogens is 196 g/mol. The van der Waals surface area contributed by atoms with Crippen molar-refractivity contribution in [2.24, 2.45) is 5.73 Å². The van der Waals surface area contributed by atoms with E-state index in [2.05, 4.69) is 5.32 Å². The van der Waals surface area contributed by atoms with Gasteiger partial charge in [-0.15, -0.1) is 0 Å². The molecular formula is C10H20N2O3. The maximum atomic E-state index is 11.5. The van der Waals surface area contributed by atoms with Crippen molar-refractivity contribution in [2.45, 2.75) is 51.6 Å². The van der Waals surface area contributed by atoms with E-state index in [-0.39, 0.29) is 12.3 Å². The maximum absolute atomic E-state index is 11.5. The predicted octanol–water partition coefficient (Wildman–Crippen LogP) is 0.483. The molecule has 15 heavy (non-hydrogen) atoms. The van der Waals surface area contributed by atoms with Crippen LogP contribution in [-0.2, 0) is 9.59 Å². The molecule has 0 spiro atoms. The highest BCUT2D eigenvalue weighted by Crippen LogP contribution is 2.12. The summed E-state index contributed by atoms with van der Waals surface area (Å²) in [5.41, 5.74) is 4.12. The number of carboxylic acid groups (broad SMARTS) is 1. The average molecular weight is 216 g/mol. The first-order valence-corrected chi connectivity index (χ1v) is 4.88. The lowest BCUT2D eigenvalue weighted by atomic mass is 9.96. The van der Waals surface area contributed by atoms with Crippen molar-refractivity contribution in [1.82, 2.24) is 5.32 Å². The Hall–Kier alpha value is -1.10. The Morgan fingerprint density at radius 2 is 1.73 bits per heavy atom. The lowest BCUT2D eigenvalue weighted by molar-refractivity contribution is -0.138. The zero-order valence-electron chi connectivity index (χ0n) is 9.76. The Balaban J connectivity index is 4.25. The summed E-state index contributed by atoms with van der Waals surface area (Å²) < 4.78 is 0. The van der Waals surface area contributed by atoms with Crippen LogP contribution in [0.2, 0.25) is 0 Å². The van der Waals surface area contributed by atoms with E-state index in [1.807, 2.05) is 0 Å². The first kappa shape index (κ1) is 13.9. The van der Waals surface area contributed by atoms with Gasteiger partial charge in [0.05, 0.1) is 5.54 Å². The summed E-state index contributed by atoms with van der Waals surface area (Å²) in [7, 11) is 0. The molecule has 0 fully saturated rings. The van der Waals surface area contributed by atoms with Crippen LogP contribution in [0.25, 0.3) is 0 Å². The van der Waals surface area contributed by atoms with Gasteiger partial charge in [0.25, 0.3) is 0 Å². The SMILES string of the molecule is CC(C)(CCC(=O)O)NC(=O)C(C)(C)N. The van der Waals surface area contributed by atoms with Gasteiger partial charge in [-0.3, -0.25) is 9.59 Å². The molecule has 0 heterocycles. The molecule has 4 N–H and O–H groups in total. The molecule has 1 amide bonds. The number of hydrogen-bond acceptors (Lipinski definition) is 3. The summed E-state index contributed by atoms with van der Waals surface area (Å²) in [5.74, 6) is -1.15. The molecule has 0 unspecified atom stereocenters. The Bertz CT molecular complexity index is 254. The number of carboxylic acids is 1. The molecule has 0 radical (unpaired) electrons. The monoisotopic (exact) mass is 216 g/mol. The molecule has 0 saturated carbocycles. The molecule has 0 saturated heterocycles. The Morgan fingerprint density at radius 1 is 1.27 bits per heavy atom. The molecule has 0 aromatic heterocycles. The first-order valence-electron chi connectivity index (χ1n) is 4.88. The van der Waals surface area contributed by atoms with E-state index < -0.39 is 17.0 Å². The van der Waals surface area contributed by atoms with E-state index in [0.29, 0.717) is 6.42 Å². The number of amides is 1. The molecule has 5 heteroatoms. The zero-order valence-corrected chi connectivity index (χ0v) is 9.76. The molecule has 0 rings (SSSR count). The molecule has 0 bridgehead atoms. The first-order chi connectivity index (χ1) is 6.54. The van der Waals surface area contributed by atoms with E-state index in [1.54, 1.807) is 27.7 Å². The summed E-state index contributed by atoms with van der Waals surface area (Å²) in [6.07, 6.45) is 0.405. The number of carbonyl (C=O) groups excluding carboxylic acids is 1. The van der Waals surface area contributed by atoms with E-state index in [0.717, 1.165) is 0 Å². The van der Waals surface area contributed by atoms with Gasteiger partial charge in [-0.05, 0) is 34.1 Å². The van der Waals surface area contributed by atoms with Crippen molar-refractivity contribution < 1.29 is 14.7 Å². The number of aliphatic carboxylic acids is 1. The van der Waals surface area contributed by atoms with Crippen LogP contribution in [-0.4, -0.2) is 28.1 Å². The van der Waals surface area contributed by atoms with E-state index in [9.17, 15) is 9.59 Å². The van der Waals surface area contributed by atoms with E-state index in [1.165, 1.54) is 0 Å². The number of hydrogen-bond donors (Lipinski definition) is 3. The molecule has 0 aliphatic heterocycles. The minimum atomic E-state index is -0.944. The highest BCUT2D eigenvalue weighted by Gasteiger charge is 2.28. The van der Waals surface area contributed by atoms with Crippen molar-refractivity contribution in [3.05, 3.63) is 0 Å². The van der Waals surface area contributed by atoms with Gasteiger partial charge in [0.15, 0.2) is 0 Å². The zero-order chi connectivity index (χ0) is 12.3. The van der Waals surface area contributed by atoms with Gasteiger partial charge in [0.2, 0.25) is 5.91 Å². The number of carbonyl (C=O) groups is 2. The summed E-state index contributed by atoms with van der Waals surface area (Å²) in [6.45, 7) is 6.77. The van der Waals surface area contributed by atoms with Crippen LogP contribution < -0.4 is 11.1 Å². The Morgan fingerprint density at radius 3 is 2.07 bits per heavy atom. The fourth-order valence-corrected chi connectivity index (χ4v) is 0.950. The van der Waals surface area contributed by atoms with Crippen molar-refractivity contribution >= 4 is 11.9 Å². The molecule has 0 atom stereocenters. The standard InChI is InChI=1S/C10H20N2O3/c1-9(2,6-5-7(13)14)12-8(15)10(3,4)11/h5-6,11H2,1-4H3,(H,12,15)(H,13,14). The summed E-state index contributed by atoms with van der Waals surface area (Å²) in [4.78, 5) is 21.9. The second-order valence-corrected chi connectivity index (χ2v) is 4.95. The van der Waals surface area contributed by atoms with Crippen LogP contribution in [0.5, 0.6) is 0 Å². The normalized spacial score (nSPS) is 12.3. The minimum absolute atomic E-state index is 0.0261. The minimum Gasteiger partial charge on any atom is -0.481 e. The highest BCUT2D eigenvalue weighted by molar-refractivity contribution is 5.85. The van der Waals surface area contributed by atoms with Crippen molar-refractivity contribution in [2.75, 3.05) is 0 Å². The molecule has 0 aliphatic carbocycles. The Labute approximate surface area is 90.0 Å².